The van der Waals surface area contributed by atoms with Crippen LogP contribution in [0.3, 0.4) is 0 Å². The molecule has 0 radical (unpaired) electrons. The Hall–Kier alpha value is -2.31. The molecule has 1 saturated heterocycles. The van der Waals surface area contributed by atoms with Crippen molar-refractivity contribution >= 4 is 27.1 Å². The van der Waals surface area contributed by atoms with Crippen LogP contribution in [0.4, 0.5) is 30.5 Å². The molecular weight excluding hydrogens is 390 g/mol. The average molecular weight is 406 g/mol. The van der Waals surface area contributed by atoms with Gasteiger partial charge >= 0.3 is 164 Å². The molecule has 0 saturated carbocycles. The molecule has 0 amide bonds. The van der Waals surface area contributed by atoms with Gasteiger partial charge in [0.1, 0.15) is 0 Å². The standard InChI is InChI=1S/C20H16F3N3.V/c1-12-11-26(18-6-5-14(21)9-16(18)22)19-15(13(12)2)10-17(23)20(24-19)25-7-3-4-8-25;/h5-6,9-11H,2-3,7-8H2,1H3;. The van der Waals surface area contributed by atoms with Gasteiger partial charge in [-0.1, -0.05) is 0 Å². The van der Waals surface area contributed by atoms with Crippen molar-refractivity contribution in [2.75, 3.05) is 22.9 Å². The Balaban J connectivity index is 1.88. The number of aromatic nitrogens is 1. The van der Waals surface area contributed by atoms with Gasteiger partial charge in [-0.25, -0.2) is 0 Å². The summed E-state index contributed by atoms with van der Waals surface area (Å²) in [5.74, 6) is -1.21. The van der Waals surface area contributed by atoms with Crippen molar-refractivity contribution in [2.24, 2.45) is 0 Å². The van der Waals surface area contributed by atoms with E-state index in [9.17, 15) is 13.2 Å². The summed E-state index contributed by atoms with van der Waals surface area (Å²) in [5.41, 5.74) is 2.02. The second kappa shape index (κ2) is 6.69. The van der Waals surface area contributed by atoms with Crippen LogP contribution in [0.2, 0.25) is 0 Å². The van der Waals surface area contributed by atoms with Crippen molar-refractivity contribution in [3.8, 4) is 0 Å². The van der Waals surface area contributed by atoms with E-state index in [4.69, 9.17) is 0 Å². The number of anilines is 3. The minimum atomic E-state index is -0.715. The molecule has 1 aromatic carbocycles. The molecule has 7 heteroatoms. The Bertz CT molecular complexity index is 1020. The van der Waals surface area contributed by atoms with Gasteiger partial charge in [-0.05, 0) is 0 Å². The van der Waals surface area contributed by atoms with Gasteiger partial charge in [0.2, 0.25) is 0 Å². The van der Waals surface area contributed by atoms with Gasteiger partial charge in [-0.15, -0.1) is 0 Å². The number of allylic oxidation sites excluding steroid dienone is 2. The Morgan fingerprint density at radius 2 is 1.89 bits per heavy atom. The Labute approximate surface area is 164 Å². The zero-order valence-corrected chi connectivity index (χ0v) is 16.0. The summed E-state index contributed by atoms with van der Waals surface area (Å²) in [4.78, 5) is 7.91. The molecule has 3 nitrogen and oxygen atoms in total. The van der Waals surface area contributed by atoms with Gasteiger partial charge in [0.25, 0.3) is 0 Å². The fraction of sp³-hybridized carbons (Fsp3) is 0.200. The molecule has 137 valence electrons. The van der Waals surface area contributed by atoms with Crippen LogP contribution in [0, 0.1) is 17.5 Å². The van der Waals surface area contributed by atoms with E-state index in [2.05, 4.69) is 28.5 Å². The van der Waals surface area contributed by atoms with Crippen LogP contribution >= 0.6 is 0 Å². The molecule has 0 atom stereocenters. The molecule has 2 aliphatic rings. The van der Waals surface area contributed by atoms with Crippen molar-refractivity contribution in [1.82, 2.24) is 4.98 Å². The number of pyridine rings is 1. The molecular formula is C20H16F3N3V. The van der Waals surface area contributed by atoms with Gasteiger partial charge in [-0.3, -0.25) is 0 Å². The number of benzene rings is 1. The number of rotatable bonds is 2. The number of hydrogen-bond acceptors (Lipinski definition) is 3. The fourth-order valence-electron chi connectivity index (χ4n) is 3.33. The van der Waals surface area contributed by atoms with Gasteiger partial charge < -0.3 is 0 Å². The minimum absolute atomic E-state index is 0.149. The summed E-state index contributed by atoms with van der Waals surface area (Å²) in [6.07, 6.45) is 2.55. The predicted molar refractivity (Wildman–Crippen MR) is 97.3 cm³/mol. The van der Waals surface area contributed by atoms with Crippen molar-refractivity contribution in [1.29, 1.82) is 0 Å². The summed E-state index contributed by atoms with van der Waals surface area (Å²) >= 11 is 2.51. The quantitative estimate of drug-likeness (QED) is 0.733. The normalized spacial score (nSPS) is 16.6. The van der Waals surface area contributed by atoms with E-state index in [1.54, 1.807) is 6.20 Å². The first-order valence-electron chi connectivity index (χ1n) is 8.46. The molecule has 2 aromatic rings. The molecule has 0 spiro atoms. The van der Waals surface area contributed by atoms with E-state index in [0.717, 1.165) is 18.1 Å². The number of fused-ring (bicyclic) bond motifs is 1. The van der Waals surface area contributed by atoms with Crippen molar-refractivity contribution in [3.63, 3.8) is 0 Å². The monoisotopic (exact) mass is 406 g/mol. The first-order chi connectivity index (χ1) is 12.8. The predicted octanol–water partition coefficient (Wildman–Crippen LogP) is 4.50. The maximum absolute atomic E-state index is 14.8. The van der Waals surface area contributed by atoms with Crippen molar-refractivity contribution in [3.05, 3.63) is 65.6 Å². The van der Waals surface area contributed by atoms with Crippen LogP contribution in [0.25, 0.3) is 5.57 Å². The van der Waals surface area contributed by atoms with Crippen LogP contribution in [0.1, 0.15) is 18.9 Å². The summed E-state index contributed by atoms with van der Waals surface area (Å²) < 4.78 is 43.8. The molecule has 4 rings (SSSR count). The molecule has 27 heavy (non-hydrogen) atoms. The van der Waals surface area contributed by atoms with E-state index in [-0.39, 0.29) is 11.5 Å². The Morgan fingerprint density at radius 3 is 2.56 bits per heavy atom. The van der Waals surface area contributed by atoms with Crippen molar-refractivity contribution < 1.29 is 30.2 Å². The first kappa shape index (κ1) is 18.1. The number of hydrogen-bond donors (Lipinski definition) is 0. The number of nitrogens with zero attached hydrogens (tertiary/aromatic N) is 3. The molecule has 3 heterocycles. The van der Waals surface area contributed by atoms with E-state index in [1.807, 2.05) is 11.8 Å². The second-order valence-electron chi connectivity index (χ2n) is 6.66. The third-order valence-corrected chi connectivity index (χ3v) is 5.37. The van der Waals surface area contributed by atoms with E-state index >= 15 is 0 Å². The van der Waals surface area contributed by atoms with Gasteiger partial charge in [0.05, 0.1) is 0 Å². The van der Waals surface area contributed by atoms with Crippen LogP contribution in [0.5, 0.6) is 0 Å². The molecule has 2 aliphatic heterocycles. The van der Waals surface area contributed by atoms with E-state index in [1.165, 1.54) is 27.3 Å². The average Bonchev–Trinajstić information content (AvgIpc) is 3.04. The summed E-state index contributed by atoms with van der Waals surface area (Å²) in [5, 5.41) is 0. The van der Waals surface area contributed by atoms with Crippen LogP contribution in [-0.4, -0.2) is 22.3 Å². The molecule has 0 unspecified atom stereocenters. The summed E-state index contributed by atoms with van der Waals surface area (Å²) in [7, 11) is 0. The molecule has 0 bridgehead atoms. The van der Waals surface area contributed by atoms with Crippen molar-refractivity contribution in [2.45, 2.75) is 13.3 Å². The zero-order chi connectivity index (χ0) is 19.3. The third kappa shape index (κ3) is 3.13. The summed E-state index contributed by atoms with van der Waals surface area (Å²) in [6, 6.07) is 4.75. The van der Waals surface area contributed by atoms with E-state index in [0.29, 0.717) is 30.0 Å². The second-order valence-corrected chi connectivity index (χ2v) is 7.65. The van der Waals surface area contributed by atoms with Crippen LogP contribution in [-0.2, 0) is 17.0 Å². The van der Waals surface area contributed by atoms with Crippen LogP contribution < -0.4 is 9.80 Å². The topological polar surface area (TPSA) is 19.4 Å². The number of halogens is 3. The van der Waals surface area contributed by atoms with Gasteiger partial charge in [0.15, 0.2) is 0 Å². The van der Waals surface area contributed by atoms with Gasteiger partial charge in [0, 0.05) is 0 Å². The summed E-state index contributed by atoms with van der Waals surface area (Å²) in [6.45, 7) is 7.10. The zero-order valence-electron chi connectivity index (χ0n) is 14.6. The molecule has 1 fully saturated rings. The Morgan fingerprint density at radius 1 is 1.11 bits per heavy atom. The molecule has 0 aliphatic carbocycles. The first-order valence-corrected chi connectivity index (χ1v) is 9.16. The van der Waals surface area contributed by atoms with Crippen LogP contribution in [0.15, 0.2) is 42.6 Å². The SMILES string of the molecule is C=C1C(C)=CN(c2ccc(F)cc2F)c2nc(N3CC[C](=[V])C3)c(F)cc21. The maximum atomic E-state index is 14.8. The fourth-order valence-corrected chi connectivity index (χ4v) is 3.75. The molecule has 1 aromatic heterocycles. The third-order valence-electron chi connectivity index (χ3n) is 4.80. The molecule has 0 N–H and O–H groups in total. The Kier molecular flexibility index (Phi) is 4.48. The van der Waals surface area contributed by atoms with E-state index < -0.39 is 17.5 Å². The van der Waals surface area contributed by atoms with Gasteiger partial charge in [-0.2, -0.15) is 0 Å².